The van der Waals surface area contributed by atoms with Crippen LogP contribution in [0.3, 0.4) is 0 Å². The number of carboxylic acid groups (broad SMARTS) is 1. The Labute approximate surface area is 103 Å². The molecule has 1 N–H and O–H groups in total. The molecule has 0 atom stereocenters. The van der Waals surface area contributed by atoms with E-state index < -0.39 is 5.97 Å². The minimum Gasteiger partial charge on any atom is -0.497 e. The maximum Gasteiger partial charge on any atom is 0.358 e. The van der Waals surface area contributed by atoms with Crippen LogP contribution in [-0.2, 0) is 6.61 Å². The Morgan fingerprint density at radius 2 is 2.00 bits per heavy atom. The van der Waals surface area contributed by atoms with Crippen molar-refractivity contribution in [2.45, 2.75) is 6.61 Å². The normalized spacial score (nSPS) is 10.1. The summed E-state index contributed by atoms with van der Waals surface area (Å²) in [5.41, 5.74) is -0.136. The third kappa shape index (κ3) is 2.79. The highest BCUT2D eigenvalue weighted by Crippen LogP contribution is 2.18. The first-order chi connectivity index (χ1) is 8.69. The van der Waals surface area contributed by atoms with Crippen molar-refractivity contribution in [1.29, 1.82) is 0 Å². The summed E-state index contributed by atoms with van der Waals surface area (Å²) in [4.78, 5) is 10.6. The minimum absolute atomic E-state index is 0.118. The SMILES string of the molecule is COc1ccc(OCc2cc(C(=O)O)no2)cc1. The monoisotopic (exact) mass is 249 g/mol. The van der Waals surface area contributed by atoms with Gasteiger partial charge in [-0.05, 0) is 24.3 Å². The molecule has 1 heterocycles. The molecule has 1 aromatic heterocycles. The molecule has 0 unspecified atom stereocenters. The molecule has 2 aromatic rings. The lowest BCUT2D eigenvalue weighted by molar-refractivity contribution is 0.0685. The average Bonchev–Trinajstić information content (AvgIpc) is 2.86. The fourth-order valence-corrected chi connectivity index (χ4v) is 1.31. The number of nitrogens with zero attached hydrogens (tertiary/aromatic N) is 1. The van der Waals surface area contributed by atoms with Gasteiger partial charge in [-0.15, -0.1) is 0 Å². The molecule has 18 heavy (non-hydrogen) atoms. The average molecular weight is 249 g/mol. The van der Waals surface area contributed by atoms with E-state index in [4.69, 9.17) is 19.1 Å². The molecule has 94 valence electrons. The molecule has 0 radical (unpaired) electrons. The molecule has 0 aliphatic carbocycles. The largest absolute Gasteiger partial charge is 0.497 e. The van der Waals surface area contributed by atoms with Crippen molar-refractivity contribution < 1.29 is 23.9 Å². The molecular formula is C12H11NO5. The summed E-state index contributed by atoms with van der Waals surface area (Å²) in [6, 6.07) is 8.34. The number of carbonyl (C=O) groups is 1. The molecule has 0 aliphatic rings. The summed E-state index contributed by atoms with van der Waals surface area (Å²) in [6.45, 7) is 0.118. The van der Waals surface area contributed by atoms with Crippen LogP contribution in [0.25, 0.3) is 0 Å². The van der Waals surface area contributed by atoms with Crippen molar-refractivity contribution in [3.63, 3.8) is 0 Å². The van der Waals surface area contributed by atoms with Crippen molar-refractivity contribution >= 4 is 5.97 Å². The zero-order valence-corrected chi connectivity index (χ0v) is 9.62. The van der Waals surface area contributed by atoms with Gasteiger partial charge in [-0.3, -0.25) is 0 Å². The number of benzene rings is 1. The summed E-state index contributed by atoms with van der Waals surface area (Å²) in [5, 5.41) is 12.0. The standard InChI is InChI=1S/C12H11NO5/c1-16-8-2-4-9(5-3-8)17-7-10-6-11(12(14)15)13-18-10/h2-6H,7H2,1H3,(H,14,15). The first-order valence-electron chi connectivity index (χ1n) is 5.15. The number of rotatable bonds is 5. The van der Waals surface area contributed by atoms with Gasteiger partial charge in [0.05, 0.1) is 7.11 Å². The number of methoxy groups -OCH3 is 1. The maximum absolute atomic E-state index is 10.6. The van der Waals surface area contributed by atoms with E-state index in [1.54, 1.807) is 31.4 Å². The molecule has 0 bridgehead atoms. The van der Waals surface area contributed by atoms with Gasteiger partial charge in [-0.1, -0.05) is 5.16 Å². The van der Waals surface area contributed by atoms with Crippen LogP contribution in [0.2, 0.25) is 0 Å². The van der Waals surface area contributed by atoms with Gasteiger partial charge in [0.25, 0.3) is 0 Å². The molecule has 2 rings (SSSR count). The Balaban J connectivity index is 1.95. The Morgan fingerprint density at radius 3 is 2.56 bits per heavy atom. The van der Waals surface area contributed by atoms with Gasteiger partial charge in [-0.25, -0.2) is 4.79 Å². The smallest absolute Gasteiger partial charge is 0.358 e. The molecular weight excluding hydrogens is 238 g/mol. The van der Waals surface area contributed by atoms with E-state index in [-0.39, 0.29) is 12.3 Å². The van der Waals surface area contributed by atoms with Crippen molar-refractivity contribution in [2.24, 2.45) is 0 Å². The van der Waals surface area contributed by atoms with Crippen LogP contribution >= 0.6 is 0 Å². The minimum atomic E-state index is -1.13. The third-order valence-corrected chi connectivity index (χ3v) is 2.22. The topological polar surface area (TPSA) is 81.8 Å². The van der Waals surface area contributed by atoms with Gasteiger partial charge < -0.3 is 19.1 Å². The van der Waals surface area contributed by atoms with Crippen LogP contribution < -0.4 is 9.47 Å². The first kappa shape index (κ1) is 12.0. The molecule has 6 nitrogen and oxygen atoms in total. The summed E-state index contributed by atoms with van der Waals surface area (Å²) in [6.07, 6.45) is 0. The van der Waals surface area contributed by atoms with Crippen LogP contribution in [0.15, 0.2) is 34.9 Å². The summed E-state index contributed by atoms with van der Waals surface area (Å²) in [5.74, 6) is 0.580. The number of hydrogen-bond donors (Lipinski definition) is 1. The zero-order chi connectivity index (χ0) is 13.0. The summed E-state index contributed by atoms with van der Waals surface area (Å²) < 4.78 is 15.2. The van der Waals surface area contributed by atoms with Gasteiger partial charge in [0.15, 0.2) is 11.5 Å². The second-order valence-corrected chi connectivity index (χ2v) is 3.45. The molecule has 1 aromatic carbocycles. The highest BCUT2D eigenvalue weighted by molar-refractivity contribution is 5.85. The van der Waals surface area contributed by atoms with Crippen LogP contribution in [0, 0.1) is 0 Å². The van der Waals surface area contributed by atoms with Gasteiger partial charge in [0.2, 0.25) is 0 Å². The number of carboxylic acids is 1. The van der Waals surface area contributed by atoms with Gasteiger partial charge in [0.1, 0.15) is 18.1 Å². The first-order valence-corrected chi connectivity index (χ1v) is 5.15. The number of ether oxygens (including phenoxy) is 2. The Hall–Kier alpha value is -2.50. The maximum atomic E-state index is 10.6. The van der Waals surface area contributed by atoms with E-state index in [0.717, 1.165) is 5.75 Å². The highest BCUT2D eigenvalue weighted by atomic mass is 16.5. The number of hydrogen-bond acceptors (Lipinski definition) is 5. The predicted molar refractivity (Wildman–Crippen MR) is 60.8 cm³/mol. The summed E-state index contributed by atoms with van der Waals surface area (Å²) >= 11 is 0. The van der Waals surface area contributed by atoms with E-state index in [9.17, 15) is 4.79 Å². The third-order valence-electron chi connectivity index (χ3n) is 2.22. The molecule has 0 fully saturated rings. The Bertz CT molecular complexity index is 532. The lowest BCUT2D eigenvalue weighted by Crippen LogP contribution is -1.96. The van der Waals surface area contributed by atoms with E-state index in [2.05, 4.69) is 5.16 Å². The zero-order valence-electron chi connectivity index (χ0n) is 9.62. The van der Waals surface area contributed by atoms with Crippen molar-refractivity contribution in [3.05, 3.63) is 41.8 Å². The lowest BCUT2D eigenvalue weighted by Gasteiger charge is -2.04. The second-order valence-electron chi connectivity index (χ2n) is 3.45. The second kappa shape index (κ2) is 5.22. The van der Waals surface area contributed by atoms with E-state index in [1.807, 2.05) is 0 Å². The van der Waals surface area contributed by atoms with Crippen LogP contribution in [-0.4, -0.2) is 23.3 Å². The van der Waals surface area contributed by atoms with Gasteiger partial charge in [-0.2, -0.15) is 0 Å². The fourth-order valence-electron chi connectivity index (χ4n) is 1.31. The molecule has 0 amide bonds. The van der Waals surface area contributed by atoms with Crippen LogP contribution in [0.4, 0.5) is 0 Å². The van der Waals surface area contributed by atoms with Gasteiger partial charge in [0, 0.05) is 6.07 Å². The summed E-state index contributed by atoms with van der Waals surface area (Å²) in [7, 11) is 1.58. The van der Waals surface area contributed by atoms with Crippen molar-refractivity contribution in [1.82, 2.24) is 5.16 Å². The quantitative estimate of drug-likeness (QED) is 0.872. The predicted octanol–water partition coefficient (Wildman–Crippen LogP) is 1.96. The van der Waals surface area contributed by atoms with E-state index >= 15 is 0 Å². The van der Waals surface area contributed by atoms with Gasteiger partial charge >= 0.3 is 5.97 Å². The molecule has 6 heteroatoms. The Morgan fingerprint density at radius 1 is 1.33 bits per heavy atom. The molecule has 0 spiro atoms. The van der Waals surface area contributed by atoms with Crippen molar-refractivity contribution in [3.8, 4) is 11.5 Å². The highest BCUT2D eigenvalue weighted by Gasteiger charge is 2.10. The van der Waals surface area contributed by atoms with Crippen molar-refractivity contribution in [2.75, 3.05) is 7.11 Å². The number of aromatic nitrogens is 1. The van der Waals surface area contributed by atoms with Crippen LogP contribution in [0.1, 0.15) is 16.2 Å². The van der Waals surface area contributed by atoms with Crippen LogP contribution in [0.5, 0.6) is 11.5 Å². The lowest BCUT2D eigenvalue weighted by atomic mass is 10.3. The Kier molecular flexibility index (Phi) is 3.47. The van der Waals surface area contributed by atoms with E-state index in [0.29, 0.717) is 11.5 Å². The molecule has 0 saturated carbocycles. The molecule has 0 saturated heterocycles. The number of aromatic carboxylic acids is 1. The van der Waals surface area contributed by atoms with E-state index in [1.165, 1.54) is 6.07 Å². The molecule has 0 aliphatic heterocycles. The fraction of sp³-hybridized carbons (Fsp3) is 0.167.